The molecule has 0 amide bonds. The minimum Gasteiger partial charge on any atom is -0.477 e. The molecule has 0 fully saturated rings. The van der Waals surface area contributed by atoms with Gasteiger partial charge >= 0.3 is 5.97 Å². The molecule has 0 aromatic heterocycles. The summed E-state index contributed by atoms with van der Waals surface area (Å²) < 4.78 is 0. The molecule has 22 heavy (non-hydrogen) atoms. The van der Waals surface area contributed by atoms with Gasteiger partial charge < -0.3 is 10.0 Å². The van der Waals surface area contributed by atoms with Crippen LogP contribution in [0.5, 0.6) is 0 Å². The van der Waals surface area contributed by atoms with Gasteiger partial charge in [0, 0.05) is 13.1 Å². The van der Waals surface area contributed by atoms with Gasteiger partial charge in [-0.15, -0.1) is 0 Å². The normalized spacial score (nSPS) is 11.7. The van der Waals surface area contributed by atoms with Crippen molar-refractivity contribution in [3.8, 4) is 0 Å². The molecular weight excluding hydrogens is 274 g/mol. The van der Waals surface area contributed by atoms with Crippen LogP contribution in [0.4, 0.5) is 0 Å². The summed E-state index contributed by atoms with van der Waals surface area (Å²) in [5.74, 6) is -0.796. The molecular formula is C19H37NO2. The molecule has 0 bridgehead atoms. The van der Waals surface area contributed by atoms with Crippen molar-refractivity contribution in [2.24, 2.45) is 0 Å². The predicted octanol–water partition coefficient (Wildman–Crippen LogP) is 5.61. The number of allylic oxidation sites excluding steroid dienone is 1. The van der Waals surface area contributed by atoms with E-state index in [1.54, 1.807) is 0 Å². The van der Waals surface area contributed by atoms with Gasteiger partial charge in [-0.2, -0.15) is 0 Å². The molecule has 0 saturated heterocycles. The molecule has 0 aromatic carbocycles. The number of likely N-dealkylation sites (N-methyl/N-ethyl adjacent to an activating group) is 1. The van der Waals surface area contributed by atoms with Gasteiger partial charge in [0.25, 0.3) is 0 Å². The van der Waals surface area contributed by atoms with E-state index in [0.29, 0.717) is 5.70 Å². The molecule has 0 radical (unpaired) electrons. The molecule has 3 nitrogen and oxygen atoms in total. The van der Waals surface area contributed by atoms with Crippen LogP contribution in [-0.2, 0) is 4.79 Å². The lowest BCUT2D eigenvalue weighted by atomic mass is 10.1. The highest BCUT2D eigenvalue weighted by Crippen LogP contribution is 2.13. The molecule has 0 heterocycles. The molecule has 0 aromatic rings. The van der Waals surface area contributed by atoms with E-state index in [1.807, 2.05) is 24.8 Å². The quantitative estimate of drug-likeness (QED) is 0.316. The number of carboxylic acids is 1. The third-order valence-electron chi connectivity index (χ3n) is 4.22. The summed E-state index contributed by atoms with van der Waals surface area (Å²) in [5, 5.41) is 9.26. The van der Waals surface area contributed by atoms with E-state index in [0.717, 1.165) is 25.9 Å². The smallest absolute Gasteiger partial charge is 0.351 e. The number of rotatable bonds is 15. The number of carbonyl (C=O) groups is 1. The van der Waals surface area contributed by atoms with Crippen LogP contribution in [-0.4, -0.2) is 29.1 Å². The fourth-order valence-corrected chi connectivity index (χ4v) is 2.79. The van der Waals surface area contributed by atoms with Crippen molar-refractivity contribution in [2.75, 3.05) is 13.1 Å². The van der Waals surface area contributed by atoms with Gasteiger partial charge in [-0.05, 0) is 26.7 Å². The minimum absolute atomic E-state index is 0.473. The molecule has 0 spiro atoms. The van der Waals surface area contributed by atoms with Gasteiger partial charge in [-0.1, -0.05) is 70.8 Å². The Kier molecular flexibility index (Phi) is 14.3. The molecule has 0 saturated carbocycles. The third kappa shape index (κ3) is 10.7. The van der Waals surface area contributed by atoms with Crippen molar-refractivity contribution < 1.29 is 9.90 Å². The standard InChI is InChI=1S/C19H37NO2/c1-4-7-8-9-10-11-12-13-14-15-16-17-18(19(21)22)20(5-2)6-3/h17H,4-16H2,1-3H3,(H,21,22)/b18-17+. The van der Waals surface area contributed by atoms with Gasteiger partial charge in [-0.25, -0.2) is 4.79 Å². The van der Waals surface area contributed by atoms with Crippen molar-refractivity contribution in [3.63, 3.8) is 0 Å². The van der Waals surface area contributed by atoms with Gasteiger partial charge in [0.15, 0.2) is 0 Å². The molecule has 1 N–H and O–H groups in total. The monoisotopic (exact) mass is 311 g/mol. The highest BCUT2D eigenvalue weighted by Gasteiger charge is 2.12. The number of hydrogen-bond donors (Lipinski definition) is 1. The van der Waals surface area contributed by atoms with E-state index < -0.39 is 5.97 Å². The Bertz CT molecular complexity index is 296. The van der Waals surface area contributed by atoms with Crippen LogP contribution in [0.2, 0.25) is 0 Å². The maximum Gasteiger partial charge on any atom is 0.351 e. The van der Waals surface area contributed by atoms with Crippen molar-refractivity contribution in [2.45, 2.75) is 91.4 Å². The number of nitrogens with zero attached hydrogens (tertiary/aromatic N) is 1. The van der Waals surface area contributed by atoms with Crippen LogP contribution < -0.4 is 0 Å². The fourth-order valence-electron chi connectivity index (χ4n) is 2.79. The first-order valence-electron chi connectivity index (χ1n) is 9.35. The molecule has 0 aliphatic carbocycles. The summed E-state index contributed by atoms with van der Waals surface area (Å²) in [4.78, 5) is 13.2. The van der Waals surface area contributed by atoms with Crippen LogP contribution in [0.15, 0.2) is 11.8 Å². The van der Waals surface area contributed by atoms with Crippen molar-refractivity contribution in [1.82, 2.24) is 4.90 Å². The summed E-state index contributed by atoms with van der Waals surface area (Å²) >= 11 is 0. The minimum atomic E-state index is -0.796. The topological polar surface area (TPSA) is 40.5 Å². The molecule has 0 aliphatic heterocycles. The van der Waals surface area contributed by atoms with Gasteiger partial charge in [-0.3, -0.25) is 0 Å². The molecule has 3 heteroatoms. The maximum absolute atomic E-state index is 11.3. The van der Waals surface area contributed by atoms with Crippen molar-refractivity contribution >= 4 is 5.97 Å². The van der Waals surface area contributed by atoms with E-state index in [1.165, 1.54) is 57.8 Å². The Labute approximate surface area is 137 Å². The number of carboxylic acid groups (broad SMARTS) is 1. The van der Waals surface area contributed by atoms with Crippen molar-refractivity contribution in [1.29, 1.82) is 0 Å². The van der Waals surface area contributed by atoms with Crippen LogP contribution in [0.1, 0.15) is 91.4 Å². The molecule has 0 rings (SSSR count). The zero-order valence-electron chi connectivity index (χ0n) is 15.1. The van der Waals surface area contributed by atoms with E-state index in [4.69, 9.17) is 0 Å². The van der Waals surface area contributed by atoms with Gasteiger partial charge in [0.05, 0.1) is 0 Å². The van der Waals surface area contributed by atoms with Gasteiger partial charge in [0.1, 0.15) is 5.70 Å². The Morgan fingerprint density at radius 1 is 0.818 bits per heavy atom. The van der Waals surface area contributed by atoms with Crippen LogP contribution in [0.3, 0.4) is 0 Å². The third-order valence-corrected chi connectivity index (χ3v) is 4.22. The maximum atomic E-state index is 11.3. The number of hydrogen-bond acceptors (Lipinski definition) is 2. The first-order chi connectivity index (χ1) is 10.7. The zero-order chi connectivity index (χ0) is 16.6. The number of unbranched alkanes of at least 4 members (excludes halogenated alkanes) is 10. The highest BCUT2D eigenvalue weighted by molar-refractivity contribution is 5.85. The van der Waals surface area contributed by atoms with Crippen LogP contribution >= 0.6 is 0 Å². The van der Waals surface area contributed by atoms with Gasteiger partial charge in [0.2, 0.25) is 0 Å². The summed E-state index contributed by atoms with van der Waals surface area (Å²) in [7, 11) is 0. The van der Waals surface area contributed by atoms with E-state index >= 15 is 0 Å². The molecule has 0 aliphatic rings. The lowest BCUT2D eigenvalue weighted by Gasteiger charge is -2.21. The summed E-state index contributed by atoms with van der Waals surface area (Å²) in [6.45, 7) is 7.77. The van der Waals surface area contributed by atoms with Crippen LogP contribution in [0, 0.1) is 0 Å². The summed E-state index contributed by atoms with van der Waals surface area (Å²) in [6.07, 6.45) is 16.0. The summed E-state index contributed by atoms with van der Waals surface area (Å²) in [6, 6.07) is 0. The fraction of sp³-hybridized carbons (Fsp3) is 0.842. The Balaban J connectivity index is 3.68. The zero-order valence-corrected chi connectivity index (χ0v) is 15.1. The lowest BCUT2D eigenvalue weighted by Crippen LogP contribution is -2.27. The molecule has 0 unspecified atom stereocenters. The first kappa shape index (κ1) is 21.0. The Morgan fingerprint density at radius 3 is 1.68 bits per heavy atom. The second-order valence-electron chi connectivity index (χ2n) is 6.04. The average molecular weight is 312 g/mol. The Morgan fingerprint density at radius 2 is 1.27 bits per heavy atom. The first-order valence-corrected chi connectivity index (χ1v) is 9.35. The second kappa shape index (κ2) is 14.9. The van der Waals surface area contributed by atoms with E-state index in [9.17, 15) is 9.90 Å². The molecule has 0 atom stereocenters. The second-order valence-corrected chi connectivity index (χ2v) is 6.04. The largest absolute Gasteiger partial charge is 0.477 e. The number of aliphatic carboxylic acids is 1. The SMILES string of the molecule is CCCCCCCCCCCC/C=C(\C(=O)O)N(CC)CC. The molecule has 130 valence electrons. The Hall–Kier alpha value is -0.990. The average Bonchev–Trinajstić information content (AvgIpc) is 2.51. The van der Waals surface area contributed by atoms with Crippen molar-refractivity contribution in [3.05, 3.63) is 11.8 Å². The van der Waals surface area contributed by atoms with E-state index in [-0.39, 0.29) is 0 Å². The highest BCUT2D eigenvalue weighted by atomic mass is 16.4. The summed E-state index contributed by atoms with van der Waals surface area (Å²) in [5.41, 5.74) is 0.473. The predicted molar refractivity (Wildman–Crippen MR) is 95.1 cm³/mol. The lowest BCUT2D eigenvalue weighted by molar-refractivity contribution is -0.134. The van der Waals surface area contributed by atoms with E-state index in [2.05, 4.69) is 6.92 Å². The van der Waals surface area contributed by atoms with Crippen LogP contribution in [0.25, 0.3) is 0 Å².